The lowest BCUT2D eigenvalue weighted by atomic mass is 10.0. The molecule has 2 aromatic rings. The van der Waals surface area contributed by atoms with E-state index in [2.05, 4.69) is 10.6 Å². The van der Waals surface area contributed by atoms with Crippen molar-refractivity contribution in [3.05, 3.63) is 58.0 Å². The number of rotatable bonds is 4. The summed E-state index contributed by atoms with van der Waals surface area (Å²) in [7, 11) is 0. The van der Waals surface area contributed by atoms with E-state index in [0.717, 1.165) is 23.3 Å². The van der Waals surface area contributed by atoms with Crippen molar-refractivity contribution in [1.82, 2.24) is 15.5 Å². The molecule has 3 amide bonds. The predicted octanol–water partition coefficient (Wildman–Crippen LogP) is 2.99. The van der Waals surface area contributed by atoms with Crippen molar-refractivity contribution in [3.63, 3.8) is 0 Å². The number of piperidine rings is 1. The van der Waals surface area contributed by atoms with Crippen molar-refractivity contribution in [2.24, 2.45) is 5.92 Å². The van der Waals surface area contributed by atoms with Gasteiger partial charge in [-0.05, 0) is 47.9 Å². The van der Waals surface area contributed by atoms with Gasteiger partial charge in [-0.2, -0.15) is 0 Å². The quantitative estimate of drug-likeness (QED) is 0.866. The van der Waals surface area contributed by atoms with E-state index in [1.807, 2.05) is 22.4 Å². The van der Waals surface area contributed by atoms with Gasteiger partial charge in [0.15, 0.2) is 0 Å². The molecule has 1 aliphatic heterocycles. The molecule has 7 heteroatoms. The van der Waals surface area contributed by atoms with Crippen LogP contribution < -0.4 is 10.6 Å². The van der Waals surface area contributed by atoms with Crippen LogP contribution in [-0.2, 0) is 6.54 Å². The summed E-state index contributed by atoms with van der Waals surface area (Å²) in [6.45, 7) is 0.956. The molecule has 0 spiro atoms. The van der Waals surface area contributed by atoms with E-state index in [0.29, 0.717) is 19.0 Å². The third-order valence-electron chi connectivity index (χ3n) is 5.20. The molecular weight excluding hydrogens is 353 g/mol. The standard InChI is InChI=1S/C19H20FN3O2S/c20-14-4-1-3-12(7-14)10-21-19(25)23-11-13-8-15(23)9-16(13)22-18(24)17-5-2-6-26-17/h1-7,13,15-16H,8-11H2,(H,21,25)(H,22,24)/t13-,15-,16-/m0/s1. The first kappa shape index (κ1) is 17.0. The van der Waals surface area contributed by atoms with Crippen molar-refractivity contribution in [2.75, 3.05) is 6.54 Å². The van der Waals surface area contributed by atoms with Gasteiger partial charge in [0, 0.05) is 25.2 Å². The highest BCUT2D eigenvalue weighted by molar-refractivity contribution is 7.12. The van der Waals surface area contributed by atoms with Crippen LogP contribution in [0.4, 0.5) is 9.18 Å². The summed E-state index contributed by atoms with van der Waals surface area (Å²) in [5.41, 5.74) is 0.740. The molecule has 1 aromatic heterocycles. The van der Waals surface area contributed by atoms with E-state index in [9.17, 15) is 14.0 Å². The number of likely N-dealkylation sites (tertiary alicyclic amines) is 1. The van der Waals surface area contributed by atoms with E-state index in [1.165, 1.54) is 23.5 Å². The second-order valence-corrected chi connectivity index (χ2v) is 7.83. The lowest BCUT2D eigenvalue weighted by Gasteiger charge is -2.32. The SMILES string of the molecule is O=C(N[C@H]1C[C@@H]2C[C@H]1CN2C(=O)NCc1cccc(F)c1)c1cccs1. The van der Waals surface area contributed by atoms with Gasteiger partial charge in [0.25, 0.3) is 5.91 Å². The van der Waals surface area contributed by atoms with Gasteiger partial charge in [-0.3, -0.25) is 4.79 Å². The first-order valence-electron chi connectivity index (χ1n) is 8.73. The van der Waals surface area contributed by atoms with Crippen LogP contribution in [0.1, 0.15) is 28.1 Å². The maximum atomic E-state index is 13.2. The number of halogens is 1. The minimum Gasteiger partial charge on any atom is -0.348 e. The molecule has 1 saturated heterocycles. The van der Waals surface area contributed by atoms with Crippen LogP contribution in [-0.4, -0.2) is 35.5 Å². The van der Waals surface area contributed by atoms with Crippen LogP contribution in [0.3, 0.4) is 0 Å². The molecule has 2 aliphatic rings. The molecule has 3 atom stereocenters. The minimum absolute atomic E-state index is 0.0281. The fraction of sp³-hybridized carbons (Fsp3) is 0.368. The van der Waals surface area contributed by atoms with Crippen molar-refractivity contribution in [3.8, 4) is 0 Å². The van der Waals surface area contributed by atoms with E-state index in [1.54, 1.807) is 12.1 Å². The average molecular weight is 373 g/mol. The molecule has 2 heterocycles. The van der Waals surface area contributed by atoms with Gasteiger partial charge in [-0.15, -0.1) is 11.3 Å². The Morgan fingerprint density at radius 2 is 2.12 bits per heavy atom. The highest BCUT2D eigenvalue weighted by Gasteiger charge is 2.47. The molecule has 1 saturated carbocycles. The first-order valence-corrected chi connectivity index (χ1v) is 9.61. The number of nitrogens with zero attached hydrogens (tertiary/aromatic N) is 1. The zero-order chi connectivity index (χ0) is 18.1. The summed E-state index contributed by atoms with van der Waals surface area (Å²) >= 11 is 1.43. The van der Waals surface area contributed by atoms with E-state index in [-0.39, 0.29) is 29.8 Å². The molecule has 4 rings (SSSR count). The van der Waals surface area contributed by atoms with Gasteiger partial charge in [0.05, 0.1) is 4.88 Å². The number of urea groups is 1. The second kappa shape index (κ2) is 7.07. The van der Waals surface area contributed by atoms with Gasteiger partial charge in [0.1, 0.15) is 5.82 Å². The van der Waals surface area contributed by atoms with Gasteiger partial charge in [-0.1, -0.05) is 18.2 Å². The summed E-state index contributed by atoms with van der Waals surface area (Å²) in [4.78, 5) is 27.2. The number of carbonyl (C=O) groups is 2. The fourth-order valence-electron chi connectivity index (χ4n) is 3.95. The third kappa shape index (κ3) is 3.44. The Morgan fingerprint density at radius 3 is 2.81 bits per heavy atom. The smallest absolute Gasteiger partial charge is 0.317 e. The molecule has 136 valence electrons. The molecule has 1 aliphatic carbocycles. The van der Waals surface area contributed by atoms with Crippen molar-refractivity contribution >= 4 is 23.3 Å². The normalized spacial score (nSPS) is 23.9. The predicted molar refractivity (Wildman–Crippen MR) is 97.4 cm³/mol. The molecule has 1 aromatic carbocycles. The summed E-state index contributed by atoms with van der Waals surface area (Å²) in [5, 5.41) is 7.86. The van der Waals surface area contributed by atoms with E-state index in [4.69, 9.17) is 0 Å². The van der Waals surface area contributed by atoms with Gasteiger partial charge < -0.3 is 15.5 Å². The highest BCUT2D eigenvalue weighted by atomic mass is 32.1. The number of nitrogens with one attached hydrogen (secondary N) is 2. The summed E-state index contributed by atoms with van der Waals surface area (Å²) in [6, 6.07) is 10.1. The molecular formula is C19H20FN3O2S. The number of thiophene rings is 1. The van der Waals surface area contributed by atoms with E-state index >= 15 is 0 Å². The van der Waals surface area contributed by atoms with Gasteiger partial charge >= 0.3 is 6.03 Å². The first-order chi connectivity index (χ1) is 12.6. The molecule has 26 heavy (non-hydrogen) atoms. The monoisotopic (exact) mass is 373 g/mol. The number of amides is 3. The Morgan fingerprint density at radius 1 is 1.23 bits per heavy atom. The molecule has 5 nitrogen and oxygen atoms in total. The van der Waals surface area contributed by atoms with Crippen molar-refractivity contribution in [1.29, 1.82) is 0 Å². The topological polar surface area (TPSA) is 61.4 Å². The maximum absolute atomic E-state index is 13.2. The number of hydrogen-bond donors (Lipinski definition) is 2. The third-order valence-corrected chi connectivity index (χ3v) is 6.07. The number of hydrogen-bond acceptors (Lipinski definition) is 3. The lowest BCUT2D eigenvalue weighted by Crippen LogP contribution is -2.50. The van der Waals surface area contributed by atoms with Crippen molar-refractivity contribution < 1.29 is 14.0 Å². The molecule has 0 radical (unpaired) electrons. The Kier molecular flexibility index (Phi) is 4.63. The van der Waals surface area contributed by atoms with Crippen molar-refractivity contribution in [2.45, 2.75) is 31.5 Å². The maximum Gasteiger partial charge on any atom is 0.317 e. The van der Waals surface area contributed by atoms with Crippen LogP contribution in [0.5, 0.6) is 0 Å². The summed E-state index contributed by atoms with van der Waals surface area (Å²) in [5.74, 6) is -0.0372. The van der Waals surface area contributed by atoms with Crippen LogP contribution in [0, 0.1) is 11.7 Å². The van der Waals surface area contributed by atoms with Crippen LogP contribution in [0.2, 0.25) is 0 Å². The second-order valence-electron chi connectivity index (χ2n) is 6.88. The average Bonchev–Trinajstić information content (AvgIpc) is 3.36. The molecule has 0 unspecified atom stereocenters. The van der Waals surface area contributed by atoms with Crippen LogP contribution in [0.15, 0.2) is 41.8 Å². The van der Waals surface area contributed by atoms with E-state index < -0.39 is 0 Å². The Hall–Kier alpha value is -2.41. The Balaban J connectivity index is 1.29. The lowest BCUT2D eigenvalue weighted by molar-refractivity contribution is 0.0917. The van der Waals surface area contributed by atoms with Crippen LogP contribution >= 0.6 is 11.3 Å². The molecule has 2 fully saturated rings. The molecule has 2 N–H and O–H groups in total. The fourth-order valence-corrected chi connectivity index (χ4v) is 4.58. The number of benzene rings is 1. The highest BCUT2D eigenvalue weighted by Crippen LogP contribution is 2.38. The zero-order valence-electron chi connectivity index (χ0n) is 14.2. The Bertz CT molecular complexity index is 811. The van der Waals surface area contributed by atoms with Crippen LogP contribution in [0.25, 0.3) is 0 Å². The minimum atomic E-state index is -0.304. The molecule has 2 bridgehead atoms. The number of fused-ring (bicyclic) bond motifs is 2. The largest absolute Gasteiger partial charge is 0.348 e. The number of carbonyl (C=O) groups excluding carboxylic acids is 2. The van der Waals surface area contributed by atoms with Gasteiger partial charge in [-0.25, -0.2) is 9.18 Å². The van der Waals surface area contributed by atoms with Gasteiger partial charge in [0.2, 0.25) is 0 Å². The summed E-state index contributed by atoms with van der Waals surface area (Å²) < 4.78 is 13.2. The Labute approximate surface area is 155 Å². The zero-order valence-corrected chi connectivity index (χ0v) is 15.0. The summed E-state index contributed by atoms with van der Waals surface area (Å²) in [6.07, 6.45) is 1.71.